The molecule has 0 aromatic carbocycles. The third kappa shape index (κ3) is 3.34. The molecule has 6 nitrogen and oxygen atoms in total. The Kier molecular flexibility index (Phi) is 4.48. The zero-order valence-electron chi connectivity index (χ0n) is 8.70. The van der Waals surface area contributed by atoms with E-state index in [9.17, 15) is 14.9 Å². The van der Waals surface area contributed by atoms with Gasteiger partial charge in [0.15, 0.2) is 5.69 Å². The monoisotopic (exact) mass is 289 g/mol. The highest BCUT2D eigenvalue weighted by molar-refractivity contribution is 9.09. The van der Waals surface area contributed by atoms with Crippen molar-refractivity contribution in [2.24, 2.45) is 0 Å². The molecule has 1 unspecified atom stereocenters. The van der Waals surface area contributed by atoms with E-state index in [0.29, 0.717) is 0 Å². The van der Waals surface area contributed by atoms with Gasteiger partial charge >= 0.3 is 5.82 Å². The summed E-state index contributed by atoms with van der Waals surface area (Å²) in [5.74, 6) is -0.514. The Morgan fingerprint density at radius 2 is 2.38 bits per heavy atom. The van der Waals surface area contributed by atoms with Gasteiger partial charge in [0.2, 0.25) is 0 Å². The number of nitrogens with one attached hydrogen (secondary N) is 2. The zero-order valence-corrected chi connectivity index (χ0v) is 10.3. The number of amides is 1. The lowest BCUT2D eigenvalue weighted by Crippen LogP contribution is -2.32. The number of carbonyl (C=O) groups excluding carboxylic acids is 1. The van der Waals surface area contributed by atoms with E-state index in [-0.39, 0.29) is 23.5 Å². The van der Waals surface area contributed by atoms with Gasteiger partial charge in [0.1, 0.15) is 0 Å². The highest BCUT2D eigenvalue weighted by Crippen LogP contribution is 2.10. The number of nitrogens with zero attached hydrogens (tertiary/aromatic N) is 1. The van der Waals surface area contributed by atoms with Crippen LogP contribution in [0.3, 0.4) is 0 Å². The second-order valence-electron chi connectivity index (χ2n) is 3.37. The minimum absolute atomic E-state index is 0.0224. The molecule has 1 aromatic heterocycles. The fourth-order valence-corrected chi connectivity index (χ4v) is 1.85. The molecular formula is C9H12BrN3O3. The van der Waals surface area contributed by atoms with Crippen LogP contribution >= 0.6 is 15.9 Å². The maximum Gasteiger partial charge on any atom is 0.321 e. The van der Waals surface area contributed by atoms with Gasteiger partial charge in [-0.05, 0) is 24.3 Å². The van der Waals surface area contributed by atoms with Gasteiger partial charge in [-0.25, -0.2) is 4.98 Å². The molecule has 1 atom stereocenters. The maximum absolute atomic E-state index is 11.6. The molecule has 0 saturated carbocycles. The van der Waals surface area contributed by atoms with E-state index in [2.05, 4.69) is 26.2 Å². The molecule has 0 aliphatic carbocycles. The second kappa shape index (κ2) is 5.64. The highest BCUT2D eigenvalue weighted by Gasteiger charge is 2.16. The molecular weight excluding hydrogens is 278 g/mol. The molecule has 2 N–H and O–H groups in total. The van der Waals surface area contributed by atoms with Crippen LogP contribution in [0.15, 0.2) is 12.1 Å². The van der Waals surface area contributed by atoms with Gasteiger partial charge in [0, 0.05) is 17.4 Å². The van der Waals surface area contributed by atoms with E-state index in [1.165, 1.54) is 12.1 Å². The molecule has 88 valence electrons. The van der Waals surface area contributed by atoms with Crippen LogP contribution < -0.4 is 5.32 Å². The Morgan fingerprint density at radius 1 is 1.69 bits per heavy atom. The minimum Gasteiger partial charge on any atom is -0.358 e. The van der Waals surface area contributed by atoms with Crippen molar-refractivity contribution in [2.45, 2.75) is 19.4 Å². The smallest absolute Gasteiger partial charge is 0.321 e. The predicted octanol–water partition coefficient (Wildman–Crippen LogP) is 1.83. The van der Waals surface area contributed by atoms with Crippen molar-refractivity contribution in [3.8, 4) is 0 Å². The average molecular weight is 290 g/mol. The van der Waals surface area contributed by atoms with Crippen molar-refractivity contribution in [2.75, 3.05) is 5.33 Å². The number of carbonyl (C=O) groups is 1. The van der Waals surface area contributed by atoms with Crippen molar-refractivity contribution in [3.63, 3.8) is 0 Å². The largest absolute Gasteiger partial charge is 0.358 e. The van der Waals surface area contributed by atoms with E-state index < -0.39 is 4.92 Å². The summed E-state index contributed by atoms with van der Waals surface area (Å²) in [6.45, 7) is 1.87. The predicted molar refractivity (Wildman–Crippen MR) is 62.8 cm³/mol. The Hall–Kier alpha value is -1.37. The van der Waals surface area contributed by atoms with Crippen LogP contribution in [0.5, 0.6) is 0 Å². The lowest BCUT2D eigenvalue weighted by molar-refractivity contribution is -0.389. The van der Waals surface area contributed by atoms with Gasteiger partial charge in [-0.2, -0.15) is 0 Å². The summed E-state index contributed by atoms with van der Waals surface area (Å²) in [7, 11) is 0. The lowest BCUT2D eigenvalue weighted by atomic mass is 10.2. The number of nitro groups is 1. The van der Waals surface area contributed by atoms with Gasteiger partial charge in [-0.1, -0.05) is 15.9 Å². The number of halogens is 1. The van der Waals surface area contributed by atoms with Crippen LogP contribution in [0.2, 0.25) is 0 Å². The van der Waals surface area contributed by atoms with E-state index in [0.717, 1.165) is 11.8 Å². The summed E-state index contributed by atoms with van der Waals surface area (Å²) in [5.41, 5.74) is 0.202. The molecule has 1 rings (SSSR count). The Labute approximate surface area is 101 Å². The van der Waals surface area contributed by atoms with Gasteiger partial charge in [0.05, 0.1) is 0 Å². The highest BCUT2D eigenvalue weighted by atomic mass is 79.9. The number of aromatic amines is 1. The fourth-order valence-electron chi connectivity index (χ4n) is 1.16. The number of H-pyrrole nitrogens is 1. The first-order valence-corrected chi connectivity index (χ1v) is 5.87. The Morgan fingerprint density at radius 3 is 2.88 bits per heavy atom. The third-order valence-electron chi connectivity index (χ3n) is 2.03. The SMILES string of the molecule is CC(CCBr)NC(=O)c1ccc([N+](=O)[O-])[nH]1. The quantitative estimate of drug-likeness (QED) is 0.492. The van der Waals surface area contributed by atoms with Gasteiger partial charge in [0.25, 0.3) is 5.91 Å². The first kappa shape index (κ1) is 12.7. The number of rotatable bonds is 5. The first-order chi connectivity index (χ1) is 7.54. The van der Waals surface area contributed by atoms with Gasteiger partial charge in [-0.15, -0.1) is 0 Å². The minimum atomic E-state index is -0.571. The average Bonchev–Trinajstić information content (AvgIpc) is 2.66. The molecule has 0 aliphatic rings. The summed E-state index contributed by atoms with van der Waals surface area (Å²) >= 11 is 3.27. The van der Waals surface area contributed by atoms with E-state index >= 15 is 0 Å². The van der Waals surface area contributed by atoms with Crippen molar-refractivity contribution < 1.29 is 9.72 Å². The van der Waals surface area contributed by atoms with E-state index in [4.69, 9.17) is 0 Å². The van der Waals surface area contributed by atoms with Crippen LogP contribution in [0.4, 0.5) is 5.82 Å². The normalized spacial score (nSPS) is 12.1. The fraction of sp³-hybridized carbons (Fsp3) is 0.444. The van der Waals surface area contributed by atoms with Gasteiger partial charge < -0.3 is 15.4 Å². The molecule has 0 fully saturated rings. The van der Waals surface area contributed by atoms with Crippen molar-refractivity contribution in [3.05, 3.63) is 27.9 Å². The summed E-state index contributed by atoms with van der Waals surface area (Å²) in [5, 5.41) is 13.9. The molecule has 1 aromatic rings. The second-order valence-corrected chi connectivity index (χ2v) is 4.16. The molecule has 16 heavy (non-hydrogen) atoms. The molecule has 0 radical (unpaired) electrons. The van der Waals surface area contributed by atoms with Crippen molar-refractivity contribution in [1.82, 2.24) is 10.3 Å². The maximum atomic E-state index is 11.6. The van der Waals surface area contributed by atoms with Crippen LogP contribution in [-0.2, 0) is 0 Å². The summed E-state index contributed by atoms with van der Waals surface area (Å²) in [6, 6.07) is 2.69. The topological polar surface area (TPSA) is 88.0 Å². The van der Waals surface area contributed by atoms with Crippen LogP contribution in [0.1, 0.15) is 23.8 Å². The summed E-state index contributed by atoms with van der Waals surface area (Å²) in [4.78, 5) is 23.8. The Balaban J connectivity index is 2.62. The molecule has 0 spiro atoms. The summed E-state index contributed by atoms with van der Waals surface area (Å²) in [6.07, 6.45) is 0.800. The van der Waals surface area contributed by atoms with Crippen LogP contribution in [0.25, 0.3) is 0 Å². The molecule has 0 aliphatic heterocycles. The molecule has 7 heteroatoms. The van der Waals surface area contributed by atoms with E-state index in [1.54, 1.807) is 0 Å². The zero-order chi connectivity index (χ0) is 12.1. The standard InChI is InChI=1S/C9H12BrN3O3/c1-6(4-5-10)11-9(14)7-2-3-8(12-7)13(15)16/h2-3,6,12H,4-5H2,1H3,(H,11,14). The third-order valence-corrected chi connectivity index (χ3v) is 2.49. The van der Waals surface area contributed by atoms with Crippen molar-refractivity contribution in [1.29, 1.82) is 0 Å². The summed E-state index contributed by atoms with van der Waals surface area (Å²) < 4.78 is 0. The number of alkyl halides is 1. The first-order valence-electron chi connectivity index (χ1n) is 4.75. The van der Waals surface area contributed by atoms with Crippen LogP contribution in [-0.4, -0.2) is 27.2 Å². The molecule has 0 bridgehead atoms. The van der Waals surface area contributed by atoms with Gasteiger partial charge in [-0.3, -0.25) is 4.79 Å². The Bertz CT molecular complexity index is 391. The van der Waals surface area contributed by atoms with E-state index in [1.807, 2.05) is 6.92 Å². The number of hydrogen-bond acceptors (Lipinski definition) is 3. The lowest BCUT2D eigenvalue weighted by Gasteiger charge is -2.09. The van der Waals surface area contributed by atoms with Crippen LogP contribution in [0, 0.1) is 10.1 Å². The molecule has 1 heterocycles. The number of aromatic nitrogens is 1. The molecule has 1 amide bonds. The molecule has 0 saturated heterocycles. The number of hydrogen-bond donors (Lipinski definition) is 2. The van der Waals surface area contributed by atoms with Crippen molar-refractivity contribution >= 4 is 27.7 Å².